The highest BCUT2D eigenvalue weighted by molar-refractivity contribution is 7.15. The Labute approximate surface area is 125 Å². The smallest absolute Gasteiger partial charge is 0.194 e. The van der Waals surface area contributed by atoms with Gasteiger partial charge in [0.05, 0.1) is 0 Å². The molecule has 0 saturated heterocycles. The van der Waals surface area contributed by atoms with Crippen molar-refractivity contribution in [1.82, 2.24) is 5.32 Å². The van der Waals surface area contributed by atoms with Crippen LogP contribution in [0.1, 0.15) is 30.7 Å². The lowest BCUT2D eigenvalue weighted by molar-refractivity contribution is 0.448. The highest BCUT2D eigenvalue weighted by Crippen LogP contribution is 2.44. The fourth-order valence-corrected chi connectivity index (χ4v) is 3.69. The Bertz CT molecular complexity index is 626. The van der Waals surface area contributed by atoms with Gasteiger partial charge in [0.1, 0.15) is 0 Å². The van der Waals surface area contributed by atoms with Crippen LogP contribution in [0.2, 0.25) is 0 Å². The molecule has 0 bridgehead atoms. The minimum Gasteiger partial charge on any atom is -0.309 e. The highest BCUT2D eigenvalue weighted by Gasteiger charge is 2.32. The summed E-state index contributed by atoms with van der Waals surface area (Å²) in [6.45, 7) is 2.95. The molecule has 1 aliphatic rings. The summed E-state index contributed by atoms with van der Waals surface area (Å²) in [5.41, 5.74) is 0.383. The van der Waals surface area contributed by atoms with Crippen molar-refractivity contribution < 1.29 is 13.2 Å². The van der Waals surface area contributed by atoms with Crippen molar-refractivity contribution in [2.45, 2.75) is 25.8 Å². The molecule has 0 aliphatic heterocycles. The molecule has 1 fully saturated rings. The van der Waals surface area contributed by atoms with Gasteiger partial charge in [0.2, 0.25) is 0 Å². The summed E-state index contributed by atoms with van der Waals surface area (Å²) in [6, 6.07) is 6.24. The first-order valence-corrected chi connectivity index (χ1v) is 7.89. The van der Waals surface area contributed by atoms with Crippen LogP contribution in [0.5, 0.6) is 0 Å². The summed E-state index contributed by atoms with van der Waals surface area (Å²) >= 11 is 1.51. The largest absolute Gasteiger partial charge is 0.309 e. The van der Waals surface area contributed by atoms with Gasteiger partial charge in [-0.2, -0.15) is 0 Å². The van der Waals surface area contributed by atoms with E-state index in [1.165, 1.54) is 29.1 Å². The maximum absolute atomic E-state index is 13.3. The number of halogens is 3. The maximum Gasteiger partial charge on any atom is 0.194 e. The second-order valence-corrected chi connectivity index (χ2v) is 6.44. The topological polar surface area (TPSA) is 12.0 Å². The number of nitrogens with one attached hydrogen (secondary N) is 1. The van der Waals surface area contributed by atoms with E-state index in [0.29, 0.717) is 17.5 Å². The summed E-state index contributed by atoms with van der Waals surface area (Å²) in [5.74, 6) is -3.06. The monoisotopic (exact) mass is 311 g/mol. The Kier molecular flexibility index (Phi) is 4.04. The molecule has 5 heteroatoms. The van der Waals surface area contributed by atoms with E-state index in [9.17, 15) is 13.2 Å². The molecule has 0 spiro atoms. The summed E-state index contributed by atoms with van der Waals surface area (Å²) in [6.07, 6.45) is 2.43. The van der Waals surface area contributed by atoms with Crippen LogP contribution in [0.25, 0.3) is 10.4 Å². The van der Waals surface area contributed by atoms with Crippen LogP contribution in [-0.4, -0.2) is 6.54 Å². The second-order valence-electron chi connectivity index (χ2n) is 5.33. The average molecular weight is 311 g/mol. The summed E-state index contributed by atoms with van der Waals surface area (Å²) in [7, 11) is 0. The zero-order valence-electron chi connectivity index (χ0n) is 11.6. The van der Waals surface area contributed by atoms with Crippen LogP contribution in [0.3, 0.4) is 0 Å². The Morgan fingerprint density at radius 2 is 1.86 bits per heavy atom. The zero-order valence-corrected chi connectivity index (χ0v) is 12.4. The van der Waals surface area contributed by atoms with Gasteiger partial charge in [-0.25, -0.2) is 13.2 Å². The Morgan fingerprint density at radius 3 is 2.43 bits per heavy atom. The molecule has 0 amide bonds. The standard InChI is InChI=1S/C16H16F3NS/c1-2-20-16(9-3-4-9)14-6-5-13(21-14)10-7-11(17)15(19)12(18)8-10/h5-9,16,20H,2-4H2,1H3. The zero-order chi connectivity index (χ0) is 15.0. The van der Waals surface area contributed by atoms with Gasteiger partial charge >= 0.3 is 0 Å². The quantitative estimate of drug-likeness (QED) is 0.775. The fraction of sp³-hybridized carbons (Fsp3) is 0.375. The highest BCUT2D eigenvalue weighted by atomic mass is 32.1. The molecule has 1 unspecified atom stereocenters. The lowest BCUT2D eigenvalue weighted by atomic mass is 10.1. The van der Waals surface area contributed by atoms with Crippen molar-refractivity contribution in [1.29, 1.82) is 0 Å². The molecule has 1 aliphatic carbocycles. The molecule has 1 heterocycles. The maximum atomic E-state index is 13.3. The van der Waals surface area contributed by atoms with Crippen molar-refractivity contribution in [2.75, 3.05) is 6.54 Å². The SMILES string of the molecule is CCNC(c1ccc(-c2cc(F)c(F)c(F)c2)s1)C1CC1. The van der Waals surface area contributed by atoms with Crippen LogP contribution >= 0.6 is 11.3 Å². The predicted molar refractivity (Wildman–Crippen MR) is 78.8 cm³/mol. The van der Waals surface area contributed by atoms with Crippen molar-refractivity contribution in [3.8, 4) is 10.4 Å². The third-order valence-corrected chi connectivity index (χ3v) is 4.94. The molecule has 1 N–H and O–H groups in total. The lowest BCUT2D eigenvalue weighted by Gasteiger charge is -2.15. The molecule has 1 aromatic carbocycles. The number of hydrogen-bond donors (Lipinski definition) is 1. The fourth-order valence-electron chi connectivity index (χ4n) is 2.52. The summed E-state index contributed by atoms with van der Waals surface area (Å²) in [5, 5.41) is 3.46. The van der Waals surface area contributed by atoms with Crippen molar-refractivity contribution in [2.24, 2.45) is 5.92 Å². The van der Waals surface area contributed by atoms with Crippen LogP contribution in [0, 0.1) is 23.4 Å². The molecular formula is C16H16F3NS. The van der Waals surface area contributed by atoms with E-state index in [2.05, 4.69) is 12.2 Å². The number of rotatable bonds is 5. The molecule has 21 heavy (non-hydrogen) atoms. The van der Waals surface area contributed by atoms with Crippen LogP contribution < -0.4 is 5.32 Å². The number of hydrogen-bond acceptors (Lipinski definition) is 2. The van der Waals surface area contributed by atoms with E-state index >= 15 is 0 Å². The van der Waals surface area contributed by atoms with Gasteiger partial charge in [0, 0.05) is 15.8 Å². The van der Waals surface area contributed by atoms with Gasteiger partial charge < -0.3 is 5.32 Å². The van der Waals surface area contributed by atoms with Gasteiger partial charge in [0.25, 0.3) is 0 Å². The third kappa shape index (κ3) is 2.99. The number of thiophene rings is 1. The van der Waals surface area contributed by atoms with Gasteiger partial charge in [0.15, 0.2) is 17.5 Å². The first kappa shape index (κ1) is 14.6. The first-order chi connectivity index (χ1) is 10.1. The van der Waals surface area contributed by atoms with Crippen molar-refractivity contribution >= 4 is 11.3 Å². The third-order valence-electron chi connectivity index (χ3n) is 3.72. The van der Waals surface area contributed by atoms with E-state index in [4.69, 9.17) is 0 Å². The minimum atomic E-state index is -1.42. The number of benzene rings is 1. The van der Waals surface area contributed by atoms with E-state index in [1.807, 2.05) is 12.1 Å². The molecule has 2 aromatic rings. The van der Waals surface area contributed by atoms with E-state index in [1.54, 1.807) is 0 Å². The second kappa shape index (κ2) is 5.81. The van der Waals surface area contributed by atoms with Gasteiger partial charge in [-0.15, -0.1) is 11.3 Å². The van der Waals surface area contributed by atoms with Gasteiger partial charge in [-0.3, -0.25) is 0 Å². The van der Waals surface area contributed by atoms with Crippen LogP contribution in [-0.2, 0) is 0 Å². The van der Waals surface area contributed by atoms with Gasteiger partial charge in [-0.1, -0.05) is 6.92 Å². The van der Waals surface area contributed by atoms with E-state index in [0.717, 1.165) is 23.6 Å². The molecule has 3 rings (SSSR count). The Balaban J connectivity index is 1.90. The first-order valence-electron chi connectivity index (χ1n) is 7.08. The minimum absolute atomic E-state index is 0.309. The molecule has 1 atom stereocenters. The van der Waals surface area contributed by atoms with E-state index < -0.39 is 17.5 Å². The lowest BCUT2D eigenvalue weighted by Crippen LogP contribution is -2.21. The molecule has 1 nitrogen and oxygen atoms in total. The molecule has 112 valence electrons. The summed E-state index contributed by atoms with van der Waals surface area (Å²) in [4.78, 5) is 1.92. The van der Waals surface area contributed by atoms with Crippen molar-refractivity contribution in [3.05, 3.63) is 46.6 Å². The van der Waals surface area contributed by atoms with Crippen molar-refractivity contribution in [3.63, 3.8) is 0 Å². The average Bonchev–Trinajstić information content (AvgIpc) is 3.18. The van der Waals surface area contributed by atoms with Crippen LogP contribution in [0.4, 0.5) is 13.2 Å². The Morgan fingerprint density at radius 1 is 1.19 bits per heavy atom. The predicted octanol–water partition coefficient (Wildman–Crippen LogP) is 4.89. The normalized spacial score (nSPS) is 16.2. The van der Waals surface area contributed by atoms with Crippen LogP contribution in [0.15, 0.2) is 24.3 Å². The van der Waals surface area contributed by atoms with E-state index in [-0.39, 0.29) is 0 Å². The molecule has 0 radical (unpaired) electrons. The molecule has 1 aromatic heterocycles. The molecule has 1 saturated carbocycles. The summed E-state index contributed by atoms with van der Waals surface area (Å²) < 4.78 is 39.7. The van der Waals surface area contributed by atoms with Gasteiger partial charge in [-0.05, 0) is 55.1 Å². The Hall–Kier alpha value is -1.33. The molecular weight excluding hydrogens is 295 g/mol.